The summed E-state index contributed by atoms with van der Waals surface area (Å²) in [4.78, 5) is 13.4. The number of carbonyl (C=O) groups is 1. The van der Waals surface area contributed by atoms with Crippen molar-refractivity contribution < 1.29 is 4.79 Å². The zero-order valence-electron chi connectivity index (χ0n) is 10.4. The normalized spacial score (nSPS) is 10.9. The summed E-state index contributed by atoms with van der Waals surface area (Å²) < 4.78 is 2.08. The first kappa shape index (κ1) is 14.0. The highest BCUT2D eigenvalue weighted by Crippen LogP contribution is 2.24. The second kappa shape index (κ2) is 5.80. The van der Waals surface area contributed by atoms with E-state index in [-0.39, 0.29) is 5.78 Å². The lowest BCUT2D eigenvalue weighted by Gasteiger charge is -2.03. The molecule has 0 N–H and O–H groups in total. The topological polar surface area (TPSA) is 17.1 Å². The molecule has 3 rings (SSSR count). The van der Waals surface area contributed by atoms with E-state index in [4.69, 9.17) is 0 Å². The molecule has 0 saturated heterocycles. The molecular formula is C16H10Br2OS. The quantitative estimate of drug-likeness (QED) is 0.495. The van der Waals surface area contributed by atoms with Gasteiger partial charge in [-0.25, -0.2) is 0 Å². The molecule has 0 bridgehead atoms. The van der Waals surface area contributed by atoms with Crippen LogP contribution in [0.15, 0.2) is 56.8 Å². The van der Waals surface area contributed by atoms with Gasteiger partial charge in [0.2, 0.25) is 0 Å². The van der Waals surface area contributed by atoms with Crippen molar-refractivity contribution in [1.29, 1.82) is 0 Å². The summed E-state index contributed by atoms with van der Waals surface area (Å²) in [6.45, 7) is 0. The summed E-state index contributed by atoms with van der Waals surface area (Å²) in [5, 5.41) is 4.22. The molecule has 0 unspecified atom stereocenters. The molecule has 1 aromatic heterocycles. The molecule has 0 atom stereocenters. The zero-order chi connectivity index (χ0) is 14.1. The van der Waals surface area contributed by atoms with E-state index >= 15 is 0 Å². The van der Waals surface area contributed by atoms with Gasteiger partial charge in [0.15, 0.2) is 5.78 Å². The molecule has 0 amide bonds. The molecule has 0 fully saturated rings. The van der Waals surface area contributed by atoms with Gasteiger partial charge in [0, 0.05) is 31.2 Å². The number of carbonyl (C=O) groups excluding carboxylic acids is 1. The molecule has 0 radical (unpaired) electrons. The third-order valence-electron chi connectivity index (χ3n) is 3.08. The van der Waals surface area contributed by atoms with Crippen LogP contribution in [0.4, 0.5) is 0 Å². The van der Waals surface area contributed by atoms with Crippen molar-refractivity contribution in [2.75, 3.05) is 0 Å². The van der Waals surface area contributed by atoms with Crippen LogP contribution in [0.25, 0.3) is 10.8 Å². The lowest BCUT2D eigenvalue weighted by molar-refractivity contribution is 0.0994. The van der Waals surface area contributed by atoms with E-state index in [2.05, 4.69) is 37.9 Å². The molecule has 3 aromatic rings. The molecule has 0 aliphatic carbocycles. The van der Waals surface area contributed by atoms with Crippen LogP contribution >= 0.6 is 43.2 Å². The van der Waals surface area contributed by atoms with E-state index in [1.165, 1.54) is 0 Å². The molecule has 0 aliphatic rings. The van der Waals surface area contributed by atoms with E-state index in [0.717, 1.165) is 30.2 Å². The zero-order valence-corrected chi connectivity index (χ0v) is 14.4. The molecule has 1 nitrogen and oxygen atoms in total. The highest BCUT2D eigenvalue weighted by molar-refractivity contribution is 9.10. The van der Waals surface area contributed by atoms with E-state index in [9.17, 15) is 4.79 Å². The SMILES string of the molecule is O=C(Cc1cc(Br)cs1)c1ccc2cc(Br)ccc2c1. The summed E-state index contributed by atoms with van der Waals surface area (Å²) in [6.07, 6.45) is 0.457. The Hall–Kier alpha value is -0.970. The van der Waals surface area contributed by atoms with Gasteiger partial charge in [0.05, 0.1) is 0 Å². The smallest absolute Gasteiger partial charge is 0.168 e. The lowest BCUT2D eigenvalue weighted by atomic mass is 10.0. The average Bonchev–Trinajstić information content (AvgIpc) is 2.83. The summed E-state index contributed by atoms with van der Waals surface area (Å²) >= 11 is 8.47. The van der Waals surface area contributed by atoms with E-state index in [1.807, 2.05) is 41.8 Å². The average molecular weight is 410 g/mol. The molecular weight excluding hydrogens is 400 g/mol. The van der Waals surface area contributed by atoms with Crippen LogP contribution in [0.2, 0.25) is 0 Å². The number of Topliss-reactive ketones (excluding diaryl/α,β-unsaturated/α-hetero) is 1. The fraction of sp³-hybridized carbons (Fsp3) is 0.0625. The van der Waals surface area contributed by atoms with Crippen molar-refractivity contribution in [1.82, 2.24) is 0 Å². The molecule has 100 valence electrons. The van der Waals surface area contributed by atoms with Gasteiger partial charge in [0.1, 0.15) is 0 Å². The number of ketones is 1. The number of rotatable bonds is 3. The third kappa shape index (κ3) is 3.03. The maximum Gasteiger partial charge on any atom is 0.168 e. The van der Waals surface area contributed by atoms with Crippen molar-refractivity contribution in [2.24, 2.45) is 0 Å². The molecule has 2 aromatic carbocycles. The third-order valence-corrected chi connectivity index (χ3v) is 5.27. The fourth-order valence-electron chi connectivity index (χ4n) is 2.10. The van der Waals surface area contributed by atoms with Gasteiger partial charge in [-0.1, -0.05) is 34.1 Å². The Balaban J connectivity index is 1.89. The van der Waals surface area contributed by atoms with Crippen LogP contribution in [0.5, 0.6) is 0 Å². The Morgan fingerprint density at radius 3 is 2.45 bits per heavy atom. The minimum absolute atomic E-state index is 0.157. The first-order valence-corrected chi connectivity index (χ1v) is 8.54. The molecule has 0 saturated carbocycles. The van der Waals surface area contributed by atoms with Crippen molar-refractivity contribution in [3.05, 3.63) is 67.2 Å². The minimum atomic E-state index is 0.157. The van der Waals surface area contributed by atoms with Gasteiger partial charge in [-0.3, -0.25) is 4.79 Å². The number of benzene rings is 2. The second-order valence-corrected chi connectivity index (χ2v) is 7.36. The maximum atomic E-state index is 12.3. The van der Waals surface area contributed by atoms with Crippen LogP contribution in [0.1, 0.15) is 15.2 Å². The first-order chi connectivity index (χ1) is 9.61. The van der Waals surface area contributed by atoms with Crippen LogP contribution in [-0.2, 0) is 6.42 Å². The minimum Gasteiger partial charge on any atom is -0.294 e. The van der Waals surface area contributed by atoms with Gasteiger partial charge in [-0.15, -0.1) is 11.3 Å². The van der Waals surface area contributed by atoms with Gasteiger partial charge in [0.25, 0.3) is 0 Å². The first-order valence-electron chi connectivity index (χ1n) is 6.07. The Morgan fingerprint density at radius 1 is 0.950 bits per heavy atom. The number of hydrogen-bond acceptors (Lipinski definition) is 2. The van der Waals surface area contributed by atoms with Crippen molar-refractivity contribution in [3.8, 4) is 0 Å². The highest BCUT2D eigenvalue weighted by atomic mass is 79.9. The van der Waals surface area contributed by atoms with E-state index < -0.39 is 0 Å². The Morgan fingerprint density at radius 2 is 1.70 bits per heavy atom. The van der Waals surface area contributed by atoms with Crippen molar-refractivity contribution in [3.63, 3.8) is 0 Å². The predicted molar refractivity (Wildman–Crippen MR) is 91.7 cm³/mol. The summed E-state index contributed by atoms with van der Waals surface area (Å²) in [5.74, 6) is 0.157. The van der Waals surface area contributed by atoms with Gasteiger partial charge < -0.3 is 0 Å². The number of thiophene rings is 1. The van der Waals surface area contributed by atoms with Gasteiger partial charge in [-0.2, -0.15) is 0 Å². The Labute approximate surface area is 137 Å². The van der Waals surface area contributed by atoms with E-state index in [0.29, 0.717) is 6.42 Å². The highest BCUT2D eigenvalue weighted by Gasteiger charge is 2.09. The molecule has 1 heterocycles. The number of fused-ring (bicyclic) bond motifs is 1. The number of halogens is 2. The summed E-state index contributed by atoms with van der Waals surface area (Å²) in [5.41, 5.74) is 0.768. The predicted octanol–water partition coefficient (Wildman–Crippen LogP) is 5.85. The standard InChI is InChI=1S/C16H10Br2OS/c17-13-4-3-10-5-12(2-1-11(10)6-13)16(19)8-15-7-14(18)9-20-15/h1-7,9H,8H2. The lowest BCUT2D eigenvalue weighted by Crippen LogP contribution is -2.01. The fourth-order valence-corrected chi connectivity index (χ4v) is 3.93. The molecule has 20 heavy (non-hydrogen) atoms. The van der Waals surface area contributed by atoms with Crippen LogP contribution in [0.3, 0.4) is 0 Å². The van der Waals surface area contributed by atoms with E-state index in [1.54, 1.807) is 11.3 Å². The van der Waals surface area contributed by atoms with Crippen molar-refractivity contribution >= 4 is 59.8 Å². The van der Waals surface area contributed by atoms with Crippen LogP contribution in [0, 0.1) is 0 Å². The Kier molecular flexibility index (Phi) is 4.06. The van der Waals surface area contributed by atoms with Crippen LogP contribution in [-0.4, -0.2) is 5.78 Å². The van der Waals surface area contributed by atoms with Gasteiger partial charge in [-0.05, 0) is 51.0 Å². The summed E-state index contributed by atoms with van der Waals surface area (Å²) in [6, 6.07) is 13.9. The molecule has 0 spiro atoms. The largest absolute Gasteiger partial charge is 0.294 e. The summed E-state index contributed by atoms with van der Waals surface area (Å²) in [7, 11) is 0. The molecule has 4 heteroatoms. The Bertz CT molecular complexity index is 792. The monoisotopic (exact) mass is 408 g/mol. The molecule has 0 aliphatic heterocycles. The van der Waals surface area contributed by atoms with Crippen LogP contribution < -0.4 is 0 Å². The maximum absolute atomic E-state index is 12.3. The van der Waals surface area contributed by atoms with Gasteiger partial charge >= 0.3 is 0 Å². The van der Waals surface area contributed by atoms with Crippen molar-refractivity contribution in [2.45, 2.75) is 6.42 Å². The number of hydrogen-bond donors (Lipinski definition) is 0. The second-order valence-electron chi connectivity index (χ2n) is 4.54.